The number of phenolic OH excluding ortho intramolecular Hbond substituents is 1. The molecule has 2 heteroatoms. The monoisotopic (exact) mass is 180 g/mol. The van der Waals surface area contributed by atoms with Crippen molar-refractivity contribution in [2.75, 3.05) is 5.75 Å². The lowest BCUT2D eigenvalue weighted by Crippen LogP contribution is -1.71. The van der Waals surface area contributed by atoms with Gasteiger partial charge in [0.15, 0.2) is 0 Å². The summed E-state index contributed by atoms with van der Waals surface area (Å²) < 4.78 is 0. The molecule has 0 aliphatic heterocycles. The lowest BCUT2D eigenvalue weighted by molar-refractivity contribution is 0.475. The van der Waals surface area contributed by atoms with Crippen LogP contribution in [-0.4, -0.2) is 10.9 Å². The Balaban J connectivity index is 2.58. The number of aromatic hydroxyl groups is 1. The second kappa shape index (κ2) is 4.88. The Labute approximate surface area is 78.2 Å². The number of hydrogen-bond acceptors (Lipinski definition) is 2. The van der Waals surface area contributed by atoms with Gasteiger partial charge in [0.1, 0.15) is 5.75 Å². The zero-order valence-corrected chi connectivity index (χ0v) is 7.67. The average molecular weight is 180 g/mol. The summed E-state index contributed by atoms with van der Waals surface area (Å²) in [6, 6.07) is 7.12. The standard InChI is InChI=1S/C10H12OS/c11-10-6-4-9(5-7-10)3-1-2-8-12/h1,3-7,11-12H,2,8H2. The molecule has 1 rings (SSSR count). The minimum atomic E-state index is 0.307. The van der Waals surface area contributed by atoms with Gasteiger partial charge in [-0.25, -0.2) is 0 Å². The maximum atomic E-state index is 8.99. The fraction of sp³-hybridized carbons (Fsp3) is 0.200. The molecule has 0 saturated heterocycles. The molecule has 0 saturated carbocycles. The molecule has 1 aromatic carbocycles. The van der Waals surface area contributed by atoms with Crippen LogP contribution in [-0.2, 0) is 0 Å². The minimum Gasteiger partial charge on any atom is -0.508 e. The van der Waals surface area contributed by atoms with Crippen molar-refractivity contribution in [3.8, 4) is 5.75 Å². The summed E-state index contributed by atoms with van der Waals surface area (Å²) in [6.45, 7) is 0. The van der Waals surface area contributed by atoms with Crippen LogP contribution in [0.25, 0.3) is 6.08 Å². The summed E-state index contributed by atoms with van der Waals surface area (Å²) in [4.78, 5) is 0. The Morgan fingerprint density at radius 2 is 1.92 bits per heavy atom. The molecule has 0 aliphatic carbocycles. The highest BCUT2D eigenvalue weighted by Gasteiger charge is 1.86. The van der Waals surface area contributed by atoms with E-state index in [0.717, 1.165) is 17.7 Å². The van der Waals surface area contributed by atoms with Crippen molar-refractivity contribution in [2.24, 2.45) is 0 Å². The van der Waals surface area contributed by atoms with Gasteiger partial charge in [-0.15, -0.1) is 0 Å². The Morgan fingerprint density at radius 3 is 2.50 bits per heavy atom. The fourth-order valence-corrected chi connectivity index (χ4v) is 1.03. The summed E-state index contributed by atoms with van der Waals surface area (Å²) in [5, 5.41) is 8.99. The first-order valence-corrected chi connectivity index (χ1v) is 4.52. The van der Waals surface area contributed by atoms with E-state index in [1.165, 1.54) is 0 Å². The molecule has 0 aliphatic rings. The number of hydrogen-bond donors (Lipinski definition) is 2. The molecule has 0 bridgehead atoms. The van der Waals surface area contributed by atoms with Crippen LogP contribution in [0.3, 0.4) is 0 Å². The van der Waals surface area contributed by atoms with Gasteiger partial charge in [-0.05, 0) is 29.9 Å². The van der Waals surface area contributed by atoms with Gasteiger partial charge in [0.25, 0.3) is 0 Å². The molecule has 0 radical (unpaired) electrons. The lowest BCUT2D eigenvalue weighted by Gasteiger charge is -1.93. The number of rotatable bonds is 3. The zero-order valence-electron chi connectivity index (χ0n) is 6.77. The zero-order chi connectivity index (χ0) is 8.81. The second-order valence-corrected chi connectivity index (χ2v) is 2.95. The topological polar surface area (TPSA) is 20.2 Å². The maximum Gasteiger partial charge on any atom is 0.115 e. The van der Waals surface area contributed by atoms with Crippen LogP contribution < -0.4 is 0 Å². The van der Waals surface area contributed by atoms with Gasteiger partial charge >= 0.3 is 0 Å². The van der Waals surface area contributed by atoms with Crippen molar-refractivity contribution in [3.05, 3.63) is 35.9 Å². The van der Waals surface area contributed by atoms with E-state index in [2.05, 4.69) is 18.7 Å². The number of allylic oxidation sites excluding steroid dienone is 1. The Bertz CT molecular complexity index is 251. The molecular formula is C10H12OS. The smallest absolute Gasteiger partial charge is 0.115 e. The quantitative estimate of drug-likeness (QED) is 0.685. The van der Waals surface area contributed by atoms with Gasteiger partial charge in [0.05, 0.1) is 0 Å². The predicted octanol–water partition coefficient (Wildman–Crippen LogP) is 2.73. The first-order chi connectivity index (χ1) is 5.83. The van der Waals surface area contributed by atoms with E-state index in [1.807, 2.05) is 18.2 Å². The van der Waals surface area contributed by atoms with Crippen molar-refractivity contribution < 1.29 is 5.11 Å². The van der Waals surface area contributed by atoms with E-state index in [9.17, 15) is 0 Å². The molecule has 1 aromatic rings. The Morgan fingerprint density at radius 1 is 1.25 bits per heavy atom. The first-order valence-electron chi connectivity index (χ1n) is 3.89. The van der Waals surface area contributed by atoms with Crippen molar-refractivity contribution in [1.82, 2.24) is 0 Å². The molecule has 0 fully saturated rings. The van der Waals surface area contributed by atoms with Crippen LogP contribution in [0, 0.1) is 0 Å². The largest absolute Gasteiger partial charge is 0.508 e. The van der Waals surface area contributed by atoms with Crippen LogP contribution in [0.5, 0.6) is 5.75 Å². The molecule has 0 unspecified atom stereocenters. The van der Waals surface area contributed by atoms with E-state index in [4.69, 9.17) is 5.11 Å². The molecule has 1 nitrogen and oxygen atoms in total. The summed E-state index contributed by atoms with van der Waals surface area (Å²) >= 11 is 4.09. The third-order valence-corrected chi connectivity index (χ3v) is 1.76. The van der Waals surface area contributed by atoms with Crippen molar-refractivity contribution in [3.63, 3.8) is 0 Å². The second-order valence-electron chi connectivity index (χ2n) is 2.51. The van der Waals surface area contributed by atoms with E-state index >= 15 is 0 Å². The molecule has 0 atom stereocenters. The third kappa shape index (κ3) is 3.01. The third-order valence-electron chi connectivity index (χ3n) is 1.50. The number of phenols is 1. The molecule has 1 N–H and O–H groups in total. The summed E-state index contributed by atoms with van der Waals surface area (Å²) in [5.41, 5.74) is 1.11. The summed E-state index contributed by atoms with van der Waals surface area (Å²) in [5.74, 6) is 1.18. The molecular weight excluding hydrogens is 168 g/mol. The van der Waals surface area contributed by atoms with E-state index in [-0.39, 0.29) is 0 Å². The van der Waals surface area contributed by atoms with Gasteiger partial charge in [-0.2, -0.15) is 12.6 Å². The highest BCUT2D eigenvalue weighted by molar-refractivity contribution is 7.80. The maximum absolute atomic E-state index is 8.99. The van der Waals surface area contributed by atoms with Crippen LogP contribution in [0.15, 0.2) is 30.3 Å². The number of benzene rings is 1. The minimum absolute atomic E-state index is 0.307. The Hall–Kier alpha value is -0.890. The Kier molecular flexibility index (Phi) is 3.74. The van der Waals surface area contributed by atoms with Gasteiger partial charge < -0.3 is 5.11 Å². The molecule has 12 heavy (non-hydrogen) atoms. The number of thiol groups is 1. The molecule has 0 amide bonds. The fourth-order valence-electron chi connectivity index (χ4n) is 0.879. The van der Waals surface area contributed by atoms with Crippen LogP contribution in [0.4, 0.5) is 0 Å². The van der Waals surface area contributed by atoms with E-state index in [1.54, 1.807) is 12.1 Å². The van der Waals surface area contributed by atoms with Crippen LogP contribution in [0.1, 0.15) is 12.0 Å². The van der Waals surface area contributed by atoms with E-state index < -0.39 is 0 Å². The summed E-state index contributed by atoms with van der Waals surface area (Å²) in [6.07, 6.45) is 5.07. The van der Waals surface area contributed by atoms with Crippen LogP contribution in [0.2, 0.25) is 0 Å². The first kappa shape index (κ1) is 9.20. The SMILES string of the molecule is Oc1ccc(C=CCCS)cc1. The highest BCUT2D eigenvalue weighted by Crippen LogP contribution is 2.10. The van der Waals surface area contributed by atoms with Gasteiger partial charge in [0.2, 0.25) is 0 Å². The highest BCUT2D eigenvalue weighted by atomic mass is 32.1. The summed E-state index contributed by atoms with van der Waals surface area (Å²) in [7, 11) is 0. The molecule has 64 valence electrons. The van der Waals surface area contributed by atoms with Crippen molar-refractivity contribution >= 4 is 18.7 Å². The normalized spacial score (nSPS) is 10.8. The van der Waals surface area contributed by atoms with Crippen molar-refractivity contribution in [1.29, 1.82) is 0 Å². The van der Waals surface area contributed by atoms with Gasteiger partial charge in [0, 0.05) is 0 Å². The van der Waals surface area contributed by atoms with E-state index in [0.29, 0.717) is 5.75 Å². The molecule has 0 aromatic heterocycles. The van der Waals surface area contributed by atoms with Crippen LogP contribution >= 0.6 is 12.6 Å². The average Bonchev–Trinajstić information content (AvgIpc) is 2.09. The molecule has 0 heterocycles. The van der Waals surface area contributed by atoms with Gasteiger partial charge in [-0.1, -0.05) is 24.3 Å². The lowest BCUT2D eigenvalue weighted by atomic mass is 10.2. The predicted molar refractivity (Wildman–Crippen MR) is 55.6 cm³/mol. The van der Waals surface area contributed by atoms with Gasteiger partial charge in [-0.3, -0.25) is 0 Å². The van der Waals surface area contributed by atoms with Crippen molar-refractivity contribution in [2.45, 2.75) is 6.42 Å². The molecule has 0 spiro atoms.